The van der Waals surface area contributed by atoms with E-state index in [4.69, 9.17) is 9.15 Å². The van der Waals surface area contributed by atoms with Gasteiger partial charge in [-0.25, -0.2) is 0 Å². The van der Waals surface area contributed by atoms with Gasteiger partial charge in [-0.2, -0.15) is 0 Å². The molecule has 4 nitrogen and oxygen atoms in total. The Kier molecular flexibility index (Phi) is 5.91. The molecule has 2 heterocycles. The van der Waals surface area contributed by atoms with Crippen molar-refractivity contribution in [3.63, 3.8) is 0 Å². The van der Waals surface area contributed by atoms with Gasteiger partial charge in [0, 0.05) is 41.7 Å². The number of carbonyl (C=O) groups is 1. The molecule has 2 atom stereocenters. The van der Waals surface area contributed by atoms with Crippen molar-refractivity contribution in [2.75, 3.05) is 20.2 Å². The molecule has 3 aromatic carbocycles. The van der Waals surface area contributed by atoms with Gasteiger partial charge >= 0.3 is 0 Å². The largest absolute Gasteiger partial charge is 0.496 e. The van der Waals surface area contributed by atoms with Crippen LogP contribution in [-0.2, 0) is 4.79 Å². The SMILES string of the molecule is COc1cc2occ(-c3ccc4ccccc4c3)c2cc1/C(C)=C/C(=O)N1CC(C)CC(C)C1. The molecular formula is C30H31NO3. The molecule has 1 fully saturated rings. The molecule has 0 spiro atoms. The first kappa shape index (κ1) is 22.3. The molecule has 5 rings (SSSR count). The molecule has 4 aromatic rings. The van der Waals surface area contributed by atoms with Crippen LogP contribution in [0.3, 0.4) is 0 Å². The Bertz CT molecular complexity index is 1390. The fourth-order valence-corrected chi connectivity index (χ4v) is 5.31. The average molecular weight is 454 g/mol. The molecule has 0 N–H and O–H groups in total. The lowest BCUT2D eigenvalue weighted by atomic mass is 9.91. The minimum Gasteiger partial charge on any atom is -0.496 e. The zero-order valence-corrected chi connectivity index (χ0v) is 20.3. The summed E-state index contributed by atoms with van der Waals surface area (Å²) in [4.78, 5) is 15.1. The van der Waals surface area contributed by atoms with E-state index >= 15 is 0 Å². The van der Waals surface area contributed by atoms with E-state index in [-0.39, 0.29) is 5.91 Å². The maximum atomic E-state index is 13.1. The molecule has 0 saturated carbocycles. The van der Waals surface area contributed by atoms with Crippen molar-refractivity contribution in [1.29, 1.82) is 0 Å². The summed E-state index contributed by atoms with van der Waals surface area (Å²) in [5, 5.41) is 3.40. The first-order valence-corrected chi connectivity index (χ1v) is 12.0. The Morgan fingerprint density at radius 1 is 1.03 bits per heavy atom. The Labute approximate surface area is 200 Å². The fourth-order valence-electron chi connectivity index (χ4n) is 5.31. The number of furan rings is 1. The summed E-state index contributed by atoms with van der Waals surface area (Å²) in [6.45, 7) is 8.05. The van der Waals surface area contributed by atoms with Crippen molar-refractivity contribution in [2.24, 2.45) is 11.8 Å². The van der Waals surface area contributed by atoms with Crippen molar-refractivity contribution in [1.82, 2.24) is 4.90 Å². The van der Waals surface area contributed by atoms with Gasteiger partial charge in [-0.05, 0) is 59.2 Å². The molecular weight excluding hydrogens is 422 g/mol. The molecule has 34 heavy (non-hydrogen) atoms. The van der Waals surface area contributed by atoms with Crippen molar-refractivity contribution in [3.8, 4) is 16.9 Å². The quantitative estimate of drug-likeness (QED) is 0.308. The van der Waals surface area contributed by atoms with Gasteiger partial charge in [0.25, 0.3) is 0 Å². The highest BCUT2D eigenvalue weighted by Gasteiger charge is 2.25. The van der Waals surface area contributed by atoms with Crippen LogP contribution in [0, 0.1) is 11.8 Å². The highest BCUT2D eigenvalue weighted by molar-refractivity contribution is 6.01. The van der Waals surface area contributed by atoms with Crippen LogP contribution < -0.4 is 4.74 Å². The molecule has 0 radical (unpaired) electrons. The van der Waals surface area contributed by atoms with Crippen LogP contribution >= 0.6 is 0 Å². The van der Waals surface area contributed by atoms with E-state index in [1.807, 2.05) is 17.9 Å². The highest BCUT2D eigenvalue weighted by atomic mass is 16.5. The molecule has 2 unspecified atom stereocenters. The van der Waals surface area contributed by atoms with E-state index in [1.54, 1.807) is 19.4 Å². The number of allylic oxidation sites excluding steroid dienone is 1. The summed E-state index contributed by atoms with van der Waals surface area (Å²) in [7, 11) is 1.65. The summed E-state index contributed by atoms with van der Waals surface area (Å²) in [6.07, 6.45) is 4.73. The number of hydrogen-bond donors (Lipinski definition) is 0. The Morgan fingerprint density at radius 3 is 2.50 bits per heavy atom. The van der Waals surface area contributed by atoms with Gasteiger partial charge in [-0.15, -0.1) is 0 Å². The first-order valence-electron chi connectivity index (χ1n) is 12.0. The Morgan fingerprint density at radius 2 is 1.76 bits per heavy atom. The van der Waals surface area contributed by atoms with Gasteiger partial charge in [0.2, 0.25) is 5.91 Å². The normalized spacial score (nSPS) is 19.1. The molecule has 1 aliphatic rings. The lowest BCUT2D eigenvalue weighted by Crippen LogP contribution is -2.41. The number of piperidine rings is 1. The van der Waals surface area contributed by atoms with Crippen LogP contribution in [0.4, 0.5) is 0 Å². The van der Waals surface area contributed by atoms with Gasteiger partial charge in [0.05, 0.1) is 13.4 Å². The summed E-state index contributed by atoms with van der Waals surface area (Å²) < 4.78 is 11.6. The molecule has 4 heteroatoms. The third-order valence-corrected chi connectivity index (χ3v) is 6.90. The third kappa shape index (κ3) is 4.21. The number of ether oxygens (including phenoxy) is 1. The van der Waals surface area contributed by atoms with E-state index in [2.05, 4.69) is 62.4 Å². The second kappa shape index (κ2) is 9.02. The number of amides is 1. The average Bonchev–Trinajstić information content (AvgIpc) is 3.25. The van der Waals surface area contributed by atoms with Crippen LogP contribution in [-0.4, -0.2) is 31.0 Å². The summed E-state index contributed by atoms with van der Waals surface area (Å²) in [5.74, 6) is 1.83. The summed E-state index contributed by atoms with van der Waals surface area (Å²) in [5.41, 5.74) is 4.69. The molecule has 0 aliphatic carbocycles. The van der Waals surface area contributed by atoms with Crippen molar-refractivity contribution < 1.29 is 13.9 Å². The molecule has 1 amide bonds. The van der Waals surface area contributed by atoms with Crippen molar-refractivity contribution >= 4 is 33.2 Å². The van der Waals surface area contributed by atoms with E-state index in [9.17, 15) is 4.79 Å². The van der Waals surface area contributed by atoms with Crippen LogP contribution in [0.2, 0.25) is 0 Å². The van der Waals surface area contributed by atoms with E-state index in [0.29, 0.717) is 17.6 Å². The topological polar surface area (TPSA) is 42.7 Å². The minimum atomic E-state index is 0.0694. The number of rotatable bonds is 4. The molecule has 1 aliphatic heterocycles. The number of benzene rings is 3. The van der Waals surface area contributed by atoms with Crippen LogP contribution in [0.25, 0.3) is 38.4 Å². The smallest absolute Gasteiger partial charge is 0.246 e. The minimum absolute atomic E-state index is 0.0694. The predicted octanol–water partition coefficient (Wildman–Crippen LogP) is 7.17. The molecule has 174 valence electrons. The summed E-state index contributed by atoms with van der Waals surface area (Å²) in [6, 6.07) is 18.8. The lowest BCUT2D eigenvalue weighted by Gasteiger charge is -2.34. The third-order valence-electron chi connectivity index (χ3n) is 6.90. The fraction of sp³-hybridized carbons (Fsp3) is 0.300. The second-order valence-corrected chi connectivity index (χ2v) is 9.78. The highest BCUT2D eigenvalue weighted by Crippen LogP contribution is 2.38. The monoisotopic (exact) mass is 453 g/mol. The summed E-state index contributed by atoms with van der Waals surface area (Å²) >= 11 is 0. The molecule has 0 bridgehead atoms. The van der Waals surface area contributed by atoms with Gasteiger partial charge in [-0.1, -0.05) is 50.2 Å². The van der Waals surface area contributed by atoms with Gasteiger partial charge in [0.1, 0.15) is 11.3 Å². The van der Waals surface area contributed by atoms with E-state index in [0.717, 1.165) is 46.3 Å². The number of methoxy groups -OCH3 is 1. The van der Waals surface area contributed by atoms with Crippen LogP contribution in [0.1, 0.15) is 32.8 Å². The zero-order chi connectivity index (χ0) is 23.8. The molecule has 1 saturated heterocycles. The number of fused-ring (bicyclic) bond motifs is 2. The van der Waals surface area contributed by atoms with Gasteiger partial charge in [-0.3, -0.25) is 4.79 Å². The lowest BCUT2D eigenvalue weighted by molar-refractivity contribution is -0.128. The van der Waals surface area contributed by atoms with E-state index in [1.165, 1.54) is 17.2 Å². The number of likely N-dealkylation sites (tertiary alicyclic amines) is 1. The number of hydrogen-bond acceptors (Lipinski definition) is 3. The standard InChI is InChI=1S/C30H31NO3/c1-19-11-20(2)17-31(16-19)30(32)12-21(3)25-14-26-27(18-34-29(26)15-28(25)33-4)24-10-9-22-7-5-6-8-23(22)13-24/h5-10,12-15,18-20H,11,16-17H2,1-4H3/b21-12+. The van der Waals surface area contributed by atoms with Crippen molar-refractivity contribution in [3.05, 3.63) is 72.5 Å². The number of nitrogens with zero attached hydrogens (tertiary/aromatic N) is 1. The van der Waals surface area contributed by atoms with E-state index < -0.39 is 0 Å². The Hall–Kier alpha value is -3.53. The maximum absolute atomic E-state index is 13.1. The number of carbonyl (C=O) groups excluding carboxylic acids is 1. The van der Waals surface area contributed by atoms with Gasteiger partial charge < -0.3 is 14.1 Å². The maximum Gasteiger partial charge on any atom is 0.246 e. The van der Waals surface area contributed by atoms with Crippen molar-refractivity contribution in [2.45, 2.75) is 27.2 Å². The van der Waals surface area contributed by atoms with Gasteiger partial charge in [0.15, 0.2) is 0 Å². The zero-order valence-electron chi connectivity index (χ0n) is 20.3. The van der Waals surface area contributed by atoms with Crippen LogP contribution in [0.5, 0.6) is 5.75 Å². The van der Waals surface area contributed by atoms with Crippen LogP contribution in [0.15, 0.2) is 71.4 Å². The molecule has 1 aromatic heterocycles. The second-order valence-electron chi connectivity index (χ2n) is 9.78. The predicted molar refractivity (Wildman–Crippen MR) is 139 cm³/mol. The first-order chi connectivity index (χ1) is 16.4. The Balaban J connectivity index is 1.54.